The maximum absolute atomic E-state index is 14.4. The van der Waals surface area contributed by atoms with E-state index in [9.17, 15) is 48.6 Å². The fourth-order valence-corrected chi connectivity index (χ4v) is 15.5. The zero-order valence-electron chi connectivity index (χ0n) is 49.3. The first kappa shape index (κ1) is 64.8. The Morgan fingerprint density at radius 2 is 1.41 bits per heavy atom. The van der Waals surface area contributed by atoms with Crippen molar-refractivity contribution in [3.05, 3.63) is 111 Å². The molecule has 1 aromatic carbocycles. The number of hydrogen-bond acceptors (Lipinski definition) is 24. The number of aromatic nitrogens is 7. The van der Waals surface area contributed by atoms with Gasteiger partial charge in [0.25, 0.3) is 17.7 Å². The third-order valence-corrected chi connectivity index (χ3v) is 20.6. The Labute approximate surface area is 539 Å². The van der Waals surface area contributed by atoms with Crippen LogP contribution in [-0.2, 0) is 40.1 Å². The number of carbonyl (C=O) groups excluding carboxylic acids is 7. The smallest absolute Gasteiger partial charge is 0.307 e. The summed E-state index contributed by atoms with van der Waals surface area (Å²) < 4.78 is 10.3. The van der Waals surface area contributed by atoms with Crippen molar-refractivity contribution in [3.8, 4) is 43.4 Å². The number of carboxylic acids is 1. The molecule has 8 heterocycles. The van der Waals surface area contributed by atoms with E-state index in [4.69, 9.17) is 44.4 Å². The number of aliphatic hydroxyl groups is 1. The lowest BCUT2D eigenvalue weighted by molar-refractivity contribution is -0.152. The van der Waals surface area contributed by atoms with Gasteiger partial charge in [-0.15, -0.1) is 68.0 Å². The van der Waals surface area contributed by atoms with Crippen LogP contribution in [0.3, 0.4) is 0 Å². The van der Waals surface area contributed by atoms with Crippen molar-refractivity contribution in [2.24, 2.45) is 17.8 Å². The maximum atomic E-state index is 14.4. The number of fused-ring (bicyclic) bond motifs is 14. The van der Waals surface area contributed by atoms with Crippen molar-refractivity contribution >= 4 is 121 Å². The molecule has 0 spiro atoms. The number of aliphatic hydroxyl groups excluding tert-OH is 1. The monoisotopic (exact) mass is 1340 g/mol. The standard InChI is InChI=1S/C59H61N13O12S6/c1-27(2)43-57-71-46(38(90-57)22-83-5)50(78)61-21-41(74)68-47(48(76)29-12-8-7-9-13-29)56-66-37(25-87-56)54-64-35(23-86-54)45-32(52-65-36(24-85-52)49(77)63-34(20-40(73)60-4)55-70-44(28(3)89-55)51(79)69-43)17-18-33(62-45)53-67-39(26-88-53)72(19-11-10-14-42(75)84-6)58(80)30-15-16-31(30)59(81)82/h7-9,12-13,17-18,23-27,30-31,34,43,47-48,76H,10-11,14-16,19-22H2,1-6H3,(H,60,73)(H,61,78)(H,63,77)(H,68,74)(H,69,79)(H,81,82)/t30-,31+,34-,43?,47-,48-/m0/s1. The number of esters is 1. The van der Waals surface area contributed by atoms with Gasteiger partial charge in [0.15, 0.2) is 0 Å². The first-order valence-electron chi connectivity index (χ1n) is 28.4. The van der Waals surface area contributed by atoms with E-state index in [2.05, 4.69) is 26.6 Å². The van der Waals surface area contributed by atoms with Crippen LogP contribution >= 0.6 is 68.0 Å². The van der Waals surface area contributed by atoms with Crippen molar-refractivity contribution in [1.29, 1.82) is 0 Å². The highest BCUT2D eigenvalue weighted by Gasteiger charge is 2.44. The van der Waals surface area contributed by atoms with Gasteiger partial charge in [0.2, 0.25) is 17.7 Å². The molecule has 0 radical (unpaired) electrons. The van der Waals surface area contributed by atoms with Gasteiger partial charge in [0, 0.05) is 59.1 Å². The molecule has 10 rings (SSSR count). The van der Waals surface area contributed by atoms with Crippen LogP contribution in [0.15, 0.2) is 64.0 Å². The zero-order chi connectivity index (χ0) is 63.9. The van der Waals surface area contributed by atoms with Crippen LogP contribution in [-0.4, -0.2) is 127 Å². The maximum Gasteiger partial charge on any atom is 0.307 e. The molecular formula is C59H61N13O12S6. The van der Waals surface area contributed by atoms with Gasteiger partial charge in [-0.25, -0.2) is 34.9 Å². The number of nitrogens with one attached hydrogen (secondary N) is 5. The van der Waals surface area contributed by atoms with E-state index in [1.165, 1.54) is 60.2 Å². The average Bonchev–Trinajstić information content (AvgIpc) is 2.53. The number of hydrogen-bond donors (Lipinski definition) is 7. The van der Waals surface area contributed by atoms with Crippen molar-refractivity contribution < 1.29 is 58.0 Å². The number of ether oxygens (including phenoxy) is 2. The lowest BCUT2D eigenvalue weighted by Crippen LogP contribution is -2.46. The SMILES string of the molecule is CNC(=O)C[C@@H]1NC(=O)c2csc(n2)-c2ccc(-c3nc(N(CCCCC(=O)OC)C(=O)[C@H]4CC[C@H]4C(=O)O)cs3)nc2-c2csc(n2)-c2csc(n2)[C@H]([C@@H](O)c2ccccc2)NC(=O)CNC(=O)c2nc(sc2COC)C(C(C)C)NC(=O)c2nc1sc2C. The minimum atomic E-state index is -1.30. The second-order valence-corrected chi connectivity index (χ2v) is 27.1. The molecule has 6 atom stereocenters. The van der Waals surface area contributed by atoms with E-state index in [-0.39, 0.29) is 65.7 Å². The number of aryl methyl sites for hydroxylation is 1. The molecule has 7 aromatic heterocycles. The molecule has 0 saturated heterocycles. The second kappa shape index (κ2) is 28.8. The highest BCUT2D eigenvalue weighted by atomic mass is 32.1. The van der Waals surface area contributed by atoms with Crippen molar-refractivity contribution in [3.63, 3.8) is 0 Å². The van der Waals surface area contributed by atoms with Crippen molar-refractivity contribution in [2.75, 3.05) is 39.3 Å². The Kier molecular flexibility index (Phi) is 20.7. The van der Waals surface area contributed by atoms with Crippen LogP contribution < -0.4 is 31.5 Å². The molecular weight excluding hydrogens is 1280 g/mol. The van der Waals surface area contributed by atoms with Gasteiger partial charge in [0.1, 0.15) is 82.2 Å². The quantitative estimate of drug-likeness (QED) is 0.0355. The molecule has 90 heavy (non-hydrogen) atoms. The van der Waals surface area contributed by atoms with Gasteiger partial charge in [-0.05, 0) is 56.2 Å². The van der Waals surface area contributed by atoms with Gasteiger partial charge >= 0.3 is 11.9 Å². The number of carbonyl (C=O) groups is 8. The average molecular weight is 1340 g/mol. The lowest BCUT2D eigenvalue weighted by Gasteiger charge is -2.35. The number of amides is 6. The third-order valence-electron chi connectivity index (χ3n) is 14.9. The summed E-state index contributed by atoms with van der Waals surface area (Å²) in [5.74, 6) is -6.38. The van der Waals surface area contributed by atoms with Gasteiger partial charge in [-0.1, -0.05) is 44.2 Å². The molecule has 1 fully saturated rings. The highest BCUT2D eigenvalue weighted by molar-refractivity contribution is 7.15. The summed E-state index contributed by atoms with van der Waals surface area (Å²) >= 11 is 7.06. The largest absolute Gasteiger partial charge is 0.481 e. The number of anilines is 1. The molecule has 10 bridgehead atoms. The van der Waals surface area contributed by atoms with Crippen LogP contribution in [0.5, 0.6) is 0 Å². The molecule has 7 N–H and O–H groups in total. The summed E-state index contributed by atoms with van der Waals surface area (Å²) in [6.45, 7) is 5.07. The minimum absolute atomic E-state index is 0.00272. The van der Waals surface area contributed by atoms with Crippen molar-refractivity contribution in [2.45, 2.75) is 90.1 Å². The number of benzene rings is 1. The van der Waals surface area contributed by atoms with Crippen molar-refractivity contribution in [1.82, 2.24) is 61.5 Å². The van der Waals surface area contributed by atoms with Gasteiger partial charge in [-0.2, -0.15) is 0 Å². The van der Waals surface area contributed by atoms with E-state index >= 15 is 0 Å². The molecule has 1 aliphatic carbocycles. The van der Waals surface area contributed by atoms with Gasteiger partial charge in [0.05, 0.1) is 61.2 Å². The summed E-state index contributed by atoms with van der Waals surface area (Å²) in [4.78, 5) is 145. The van der Waals surface area contributed by atoms with Crippen LogP contribution in [0.2, 0.25) is 0 Å². The van der Waals surface area contributed by atoms with E-state index in [1.807, 2.05) is 13.8 Å². The Morgan fingerprint density at radius 3 is 2.13 bits per heavy atom. The van der Waals surface area contributed by atoms with E-state index < -0.39 is 84.1 Å². The van der Waals surface area contributed by atoms with Gasteiger partial charge in [-0.3, -0.25) is 43.3 Å². The van der Waals surface area contributed by atoms with Crippen LogP contribution in [0.4, 0.5) is 5.82 Å². The fourth-order valence-electron chi connectivity index (χ4n) is 9.97. The molecule has 470 valence electrons. The second-order valence-electron chi connectivity index (χ2n) is 21.3. The first-order valence-corrected chi connectivity index (χ1v) is 33.5. The summed E-state index contributed by atoms with van der Waals surface area (Å²) in [6, 6.07) is 9.33. The highest BCUT2D eigenvalue weighted by Crippen LogP contribution is 2.42. The molecule has 1 aliphatic heterocycles. The summed E-state index contributed by atoms with van der Waals surface area (Å²) in [6.07, 6.45) is 0.169. The molecule has 31 heteroatoms. The molecule has 2 aliphatic rings. The van der Waals surface area contributed by atoms with E-state index in [1.54, 1.807) is 70.9 Å². The number of carboxylic acid groups (broad SMARTS) is 1. The topological polar surface area (TPSA) is 349 Å². The molecule has 8 aromatic rings. The van der Waals surface area contributed by atoms with Crippen LogP contribution in [0, 0.1) is 24.7 Å². The number of pyridine rings is 1. The summed E-state index contributed by atoms with van der Waals surface area (Å²) in [7, 11) is 4.22. The Morgan fingerprint density at radius 1 is 0.700 bits per heavy atom. The molecule has 1 unspecified atom stereocenters. The first-order chi connectivity index (χ1) is 43.3. The fraction of sp³-hybridized carbons (Fsp3) is 0.373. The molecule has 6 amide bonds. The number of thiazole rings is 6. The number of aliphatic carboxylic acids is 1. The molecule has 25 nitrogen and oxygen atoms in total. The summed E-state index contributed by atoms with van der Waals surface area (Å²) in [5.41, 5.74) is 2.43. The Balaban J connectivity index is 1.05. The predicted molar refractivity (Wildman–Crippen MR) is 339 cm³/mol. The Hall–Kier alpha value is -8.17. The normalized spacial score (nSPS) is 18.3. The Bertz CT molecular complexity index is 3990. The number of rotatable bonds is 16. The van der Waals surface area contributed by atoms with Crippen LogP contribution in [0.25, 0.3) is 43.4 Å². The number of nitrogens with zero attached hydrogens (tertiary/aromatic N) is 8. The predicted octanol–water partition coefficient (Wildman–Crippen LogP) is 8.10. The van der Waals surface area contributed by atoms with Gasteiger partial charge < -0.3 is 46.3 Å². The minimum Gasteiger partial charge on any atom is -0.481 e. The zero-order valence-corrected chi connectivity index (χ0v) is 54.2. The van der Waals surface area contributed by atoms with E-state index in [0.29, 0.717) is 94.4 Å². The van der Waals surface area contributed by atoms with Crippen LogP contribution in [0.1, 0.15) is 138 Å². The number of methoxy groups -OCH3 is 2. The molecule has 1 saturated carbocycles. The van der Waals surface area contributed by atoms with E-state index in [0.717, 1.165) is 34.0 Å². The lowest BCUT2D eigenvalue weighted by atomic mass is 9.73. The number of unbranched alkanes of at least 4 members (excludes halogenated alkanes) is 1. The summed E-state index contributed by atoms with van der Waals surface area (Å²) in [5, 5.41) is 44.9. The third kappa shape index (κ3) is 14.5.